The normalized spacial score (nSPS) is 27.8. The molecule has 2 amide bonds. The maximum Gasteiger partial charge on any atom is 0.310 e. The number of anilines is 1. The van der Waals surface area contributed by atoms with Crippen LogP contribution in [0.4, 0.5) is 5.69 Å². The first-order valence-corrected chi connectivity index (χ1v) is 14.1. The van der Waals surface area contributed by atoms with Gasteiger partial charge in [0.05, 0.1) is 23.2 Å². The number of carbonyl (C=O) groups excluding carboxylic acids is 3. The third-order valence-electron chi connectivity index (χ3n) is 7.95. The van der Waals surface area contributed by atoms with Gasteiger partial charge in [-0.05, 0) is 57.1 Å². The number of carbonyl (C=O) groups is 3. The highest BCUT2D eigenvalue weighted by molar-refractivity contribution is 8.02. The number of ether oxygens (including phenoxy) is 1. The van der Waals surface area contributed by atoms with Crippen LogP contribution >= 0.6 is 11.8 Å². The maximum absolute atomic E-state index is 14.5. The van der Waals surface area contributed by atoms with Crippen molar-refractivity contribution in [1.82, 2.24) is 4.90 Å². The third kappa shape index (κ3) is 4.74. The average Bonchev–Trinajstić information content (AvgIpc) is 3.51. The molecule has 200 valence electrons. The molecule has 7 nitrogen and oxygen atoms in total. The van der Waals surface area contributed by atoms with E-state index in [0.29, 0.717) is 32.4 Å². The Morgan fingerprint density at radius 1 is 1.24 bits per heavy atom. The average molecular weight is 527 g/mol. The molecule has 37 heavy (non-hydrogen) atoms. The van der Waals surface area contributed by atoms with E-state index in [9.17, 15) is 19.5 Å². The van der Waals surface area contributed by atoms with E-state index >= 15 is 0 Å². The molecule has 1 aromatic carbocycles. The van der Waals surface area contributed by atoms with Gasteiger partial charge in [-0.25, -0.2) is 0 Å². The SMILES string of the molecule is C=CCCCOC(=O)[C@@H]1[C@H]2C(=O)N(CCCO)C(C(=O)N(CC=C)c3c(C)cccc3C)C23CC[C@H]1S3. The summed E-state index contributed by atoms with van der Waals surface area (Å²) in [4.78, 5) is 45.1. The quantitative estimate of drug-likeness (QED) is 0.253. The summed E-state index contributed by atoms with van der Waals surface area (Å²) in [6.07, 6.45) is 6.77. The molecular formula is C29H38N2O5S. The van der Waals surface area contributed by atoms with Crippen LogP contribution in [0.3, 0.4) is 0 Å². The highest BCUT2D eigenvalue weighted by Gasteiger charge is 2.74. The van der Waals surface area contributed by atoms with E-state index in [1.807, 2.05) is 32.0 Å². The summed E-state index contributed by atoms with van der Waals surface area (Å²) in [6, 6.07) is 5.20. The zero-order chi connectivity index (χ0) is 26.7. The number of benzene rings is 1. The molecule has 3 aliphatic heterocycles. The van der Waals surface area contributed by atoms with Crippen LogP contribution < -0.4 is 4.90 Å². The number of likely N-dealkylation sites (tertiary alicyclic amines) is 1. The van der Waals surface area contributed by atoms with E-state index in [4.69, 9.17) is 4.74 Å². The number of rotatable bonds is 12. The Bertz CT molecular complexity index is 1050. The minimum Gasteiger partial charge on any atom is -0.465 e. The minimum atomic E-state index is -0.718. The Hall–Kier alpha value is -2.58. The molecule has 1 spiro atoms. The Labute approximate surface area is 223 Å². The Morgan fingerprint density at radius 2 is 1.97 bits per heavy atom. The molecule has 1 aromatic rings. The lowest BCUT2D eigenvalue weighted by Crippen LogP contribution is -2.55. The second-order valence-corrected chi connectivity index (χ2v) is 11.8. The van der Waals surface area contributed by atoms with Gasteiger partial charge in [-0.3, -0.25) is 14.4 Å². The minimum absolute atomic E-state index is 0.0378. The number of esters is 1. The Kier molecular flexibility index (Phi) is 8.49. The predicted octanol–water partition coefficient (Wildman–Crippen LogP) is 3.81. The Balaban J connectivity index is 1.71. The van der Waals surface area contributed by atoms with Gasteiger partial charge in [-0.1, -0.05) is 30.4 Å². The summed E-state index contributed by atoms with van der Waals surface area (Å²) in [6.45, 7) is 12.3. The number of aliphatic hydroxyl groups excluding tert-OH is 1. The number of thioether (sulfide) groups is 1. The first kappa shape index (κ1) is 27.5. The molecule has 3 heterocycles. The second kappa shape index (κ2) is 11.4. The van der Waals surface area contributed by atoms with E-state index in [1.165, 1.54) is 0 Å². The van der Waals surface area contributed by atoms with Gasteiger partial charge in [0, 0.05) is 30.6 Å². The van der Waals surface area contributed by atoms with E-state index in [-0.39, 0.29) is 36.2 Å². The smallest absolute Gasteiger partial charge is 0.310 e. The molecule has 8 heteroatoms. The van der Waals surface area contributed by atoms with Crippen LogP contribution in [-0.4, -0.2) is 70.1 Å². The molecular weight excluding hydrogens is 488 g/mol. The number of hydrogen-bond acceptors (Lipinski definition) is 6. The maximum atomic E-state index is 14.5. The molecule has 5 atom stereocenters. The molecule has 1 N–H and O–H groups in total. The van der Waals surface area contributed by atoms with Crippen molar-refractivity contribution in [2.24, 2.45) is 11.8 Å². The zero-order valence-corrected chi connectivity index (χ0v) is 22.7. The molecule has 2 bridgehead atoms. The summed E-state index contributed by atoms with van der Waals surface area (Å²) in [7, 11) is 0. The van der Waals surface area contributed by atoms with Gasteiger partial charge in [0.15, 0.2) is 0 Å². The number of hydrogen-bond donors (Lipinski definition) is 1. The van der Waals surface area contributed by atoms with E-state index in [0.717, 1.165) is 29.7 Å². The van der Waals surface area contributed by atoms with Crippen LogP contribution in [0.5, 0.6) is 0 Å². The number of aryl methyl sites for hydroxylation is 2. The van der Waals surface area contributed by atoms with Crippen molar-refractivity contribution < 1.29 is 24.2 Å². The largest absolute Gasteiger partial charge is 0.465 e. The summed E-state index contributed by atoms with van der Waals surface area (Å²) in [5, 5.41) is 9.52. The van der Waals surface area contributed by atoms with Crippen molar-refractivity contribution in [1.29, 1.82) is 0 Å². The van der Waals surface area contributed by atoms with Crippen molar-refractivity contribution in [2.75, 3.05) is 31.2 Å². The van der Waals surface area contributed by atoms with Crippen molar-refractivity contribution in [3.63, 3.8) is 0 Å². The fourth-order valence-corrected chi connectivity index (χ4v) is 8.68. The van der Waals surface area contributed by atoms with Crippen LogP contribution in [0, 0.1) is 25.7 Å². The molecule has 3 fully saturated rings. The summed E-state index contributed by atoms with van der Waals surface area (Å²) >= 11 is 1.63. The van der Waals surface area contributed by atoms with Crippen LogP contribution in [-0.2, 0) is 19.1 Å². The molecule has 0 aromatic heterocycles. The number of nitrogens with zero attached hydrogens (tertiary/aromatic N) is 2. The van der Waals surface area contributed by atoms with E-state index in [2.05, 4.69) is 13.2 Å². The van der Waals surface area contributed by atoms with Crippen molar-refractivity contribution in [3.8, 4) is 0 Å². The number of allylic oxidation sites excluding steroid dienone is 1. The Morgan fingerprint density at radius 3 is 2.62 bits per heavy atom. The molecule has 0 saturated carbocycles. The van der Waals surface area contributed by atoms with Gasteiger partial charge in [0.2, 0.25) is 5.91 Å². The number of unbranched alkanes of at least 4 members (excludes halogenated alkanes) is 1. The molecule has 0 aliphatic carbocycles. The first-order chi connectivity index (χ1) is 17.8. The number of aliphatic hydroxyl groups is 1. The standard InChI is InChI=1S/C29H38N2O5S/c1-5-7-8-18-36-28(35)22-21-13-14-29(37-21)23(22)26(33)31(16-10-17-32)25(29)27(34)30(15-6-2)24-19(3)11-9-12-20(24)4/h5-6,9,11-12,21-23,25,32H,1-2,7-8,10,13-18H2,3-4H3/t21-,22+,23+,25?,29?/m1/s1. The van der Waals surface area contributed by atoms with Crippen molar-refractivity contribution in [2.45, 2.75) is 62.0 Å². The monoisotopic (exact) mass is 526 g/mol. The van der Waals surface area contributed by atoms with Gasteiger partial charge in [0.25, 0.3) is 5.91 Å². The molecule has 2 unspecified atom stereocenters. The van der Waals surface area contributed by atoms with Gasteiger partial charge < -0.3 is 19.6 Å². The fraction of sp³-hybridized carbons (Fsp3) is 0.552. The van der Waals surface area contributed by atoms with Crippen LogP contribution in [0.25, 0.3) is 0 Å². The number of fused-ring (bicyclic) bond motifs is 1. The lowest BCUT2D eigenvalue weighted by molar-refractivity contribution is -0.154. The molecule has 3 aliphatic rings. The third-order valence-corrected chi connectivity index (χ3v) is 9.90. The number of amides is 2. The number of para-hydroxylation sites is 1. The second-order valence-electron chi connectivity index (χ2n) is 10.2. The highest BCUT2D eigenvalue weighted by Crippen LogP contribution is 2.66. The topological polar surface area (TPSA) is 87.1 Å². The van der Waals surface area contributed by atoms with Crippen LogP contribution in [0.2, 0.25) is 0 Å². The molecule has 3 saturated heterocycles. The molecule has 0 radical (unpaired) electrons. The lowest BCUT2D eigenvalue weighted by Gasteiger charge is -2.38. The summed E-state index contributed by atoms with van der Waals surface area (Å²) < 4.78 is 4.93. The van der Waals surface area contributed by atoms with Gasteiger partial charge >= 0.3 is 5.97 Å². The van der Waals surface area contributed by atoms with Crippen molar-refractivity contribution >= 4 is 35.2 Å². The predicted molar refractivity (Wildman–Crippen MR) is 146 cm³/mol. The van der Waals surface area contributed by atoms with Gasteiger partial charge in [-0.2, -0.15) is 0 Å². The zero-order valence-electron chi connectivity index (χ0n) is 21.9. The lowest BCUT2D eigenvalue weighted by atomic mass is 9.71. The van der Waals surface area contributed by atoms with E-state index < -0.39 is 22.6 Å². The van der Waals surface area contributed by atoms with Crippen LogP contribution in [0.15, 0.2) is 43.5 Å². The summed E-state index contributed by atoms with van der Waals surface area (Å²) in [5.74, 6) is -1.82. The van der Waals surface area contributed by atoms with Gasteiger partial charge in [-0.15, -0.1) is 24.9 Å². The highest BCUT2D eigenvalue weighted by atomic mass is 32.2. The first-order valence-electron chi connectivity index (χ1n) is 13.2. The summed E-state index contributed by atoms with van der Waals surface area (Å²) in [5.41, 5.74) is 2.78. The fourth-order valence-electron chi connectivity index (χ4n) is 6.48. The van der Waals surface area contributed by atoms with Gasteiger partial charge in [0.1, 0.15) is 6.04 Å². The van der Waals surface area contributed by atoms with Crippen LogP contribution in [0.1, 0.15) is 43.2 Å². The molecule has 4 rings (SSSR count). The van der Waals surface area contributed by atoms with E-state index in [1.54, 1.807) is 33.7 Å². The van der Waals surface area contributed by atoms with Crippen molar-refractivity contribution in [3.05, 3.63) is 54.6 Å².